The van der Waals surface area contributed by atoms with E-state index in [-0.39, 0.29) is 11.5 Å². The fourth-order valence-corrected chi connectivity index (χ4v) is 3.82. The number of ether oxygens (including phenoxy) is 1. The molecule has 1 atom stereocenters. The molecule has 0 amide bonds. The zero-order chi connectivity index (χ0) is 20.0. The number of nitrogens with one attached hydrogen (secondary N) is 1. The van der Waals surface area contributed by atoms with E-state index in [1.54, 1.807) is 42.5 Å². The van der Waals surface area contributed by atoms with Crippen molar-refractivity contribution in [1.82, 2.24) is 4.72 Å². The Bertz CT molecular complexity index is 1020. The molecule has 0 unspecified atom stereocenters. The van der Waals surface area contributed by atoms with Gasteiger partial charge >= 0.3 is 5.97 Å². The molecule has 0 aliphatic carbocycles. The number of sulfonamides is 1. The van der Waals surface area contributed by atoms with Crippen LogP contribution in [0.1, 0.15) is 22.7 Å². The van der Waals surface area contributed by atoms with Crippen LogP contribution in [0.5, 0.6) is 0 Å². The lowest BCUT2D eigenvalue weighted by molar-refractivity contribution is -0.147. The zero-order valence-electron chi connectivity index (χ0n) is 15.4. The molecule has 0 aliphatic heterocycles. The third-order valence-electron chi connectivity index (χ3n) is 4.20. The Hall–Kier alpha value is -2.96. The summed E-state index contributed by atoms with van der Waals surface area (Å²) in [5, 5.41) is 0. The highest BCUT2D eigenvalue weighted by Gasteiger charge is 2.28. The van der Waals surface area contributed by atoms with Crippen molar-refractivity contribution in [2.75, 3.05) is 0 Å². The molecule has 0 spiro atoms. The normalized spacial score (nSPS) is 12.3. The van der Waals surface area contributed by atoms with Crippen molar-refractivity contribution in [1.29, 1.82) is 0 Å². The second kappa shape index (κ2) is 8.82. The van der Waals surface area contributed by atoms with Crippen molar-refractivity contribution >= 4 is 16.0 Å². The molecule has 28 heavy (non-hydrogen) atoms. The Morgan fingerprint density at radius 2 is 1.46 bits per heavy atom. The van der Waals surface area contributed by atoms with E-state index in [1.165, 1.54) is 12.1 Å². The number of hydrogen-bond donors (Lipinski definition) is 1. The summed E-state index contributed by atoms with van der Waals surface area (Å²) < 4.78 is 33.4. The lowest BCUT2D eigenvalue weighted by Crippen LogP contribution is -2.35. The molecule has 0 bridgehead atoms. The molecule has 0 fully saturated rings. The van der Waals surface area contributed by atoms with Crippen molar-refractivity contribution in [3.8, 4) is 0 Å². The van der Waals surface area contributed by atoms with Gasteiger partial charge in [-0.05, 0) is 30.2 Å². The third-order valence-corrected chi connectivity index (χ3v) is 5.64. The Morgan fingerprint density at radius 3 is 2.07 bits per heavy atom. The Kier molecular flexibility index (Phi) is 6.23. The highest BCUT2D eigenvalue weighted by molar-refractivity contribution is 7.89. The third kappa shape index (κ3) is 5.06. The molecule has 5 nitrogen and oxygen atoms in total. The van der Waals surface area contributed by atoms with E-state index in [0.717, 1.165) is 11.1 Å². The molecule has 6 heteroatoms. The van der Waals surface area contributed by atoms with Gasteiger partial charge < -0.3 is 4.74 Å². The Morgan fingerprint density at radius 1 is 0.893 bits per heavy atom. The predicted molar refractivity (Wildman–Crippen MR) is 107 cm³/mol. The first-order chi connectivity index (χ1) is 13.5. The molecule has 0 aromatic heterocycles. The van der Waals surface area contributed by atoms with Gasteiger partial charge in [-0.3, -0.25) is 0 Å². The minimum atomic E-state index is -3.90. The van der Waals surface area contributed by atoms with Gasteiger partial charge in [0.15, 0.2) is 0 Å². The fourth-order valence-electron chi connectivity index (χ4n) is 2.65. The maximum absolute atomic E-state index is 12.8. The van der Waals surface area contributed by atoms with E-state index in [4.69, 9.17) is 4.74 Å². The topological polar surface area (TPSA) is 72.5 Å². The standard InChI is InChI=1S/C22H21NO4S/c1-17-12-14-20(15-13-17)28(25,26)23-21(19-10-6-3-7-11-19)22(24)27-16-18-8-4-2-5-9-18/h2-15,21,23H,16H2,1H3/t21-/m1/s1. The molecular weight excluding hydrogens is 374 g/mol. The van der Waals surface area contributed by atoms with Crippen molar-refractivity contribution in [2.45, 2.75) is 24.5 Å². The molecule has 0 aliphatic rings. The lowest BCUT2D eigenvalue weighted by atomic mass is 10.1. The molecule has 144 valence electrons. The van der Waals surface area contributed by atoms with E-state index >= 15 is 0 Å². The monoisotopic (exact) mass is 395 g/mol. The van der Waals surface area contributed by atoms with Crippen LogP contribution in [0.2, 0.25) is 0 Å². The van der Waals surface area contributed by atoms with Gasteiger partial charge in [-0.2, -0.15) is 4.72 Å². The van der Waals surface area contributed by atoms with E-state index < -0.39 is 22.0 Å². The number of hydrogen-bond acceptors (Lipinski definition) is 4. The molecule has 0 saturated carbocycles. The second-order valence-corrected chi connectivity index (χ2v) is 8.09. The number of carbonyl (C=O) groups excluding carboxylic acids is 1. The highest BCUT2D eigenvalue weighted by Crippen LogP contribution is 2.20. The van der Waals surface area contributed by atoms with E-state index in [9.17, 15) is 13.2 Å². The van der Waals surface area contributed by atoms with Crippen LogP contribution in [0, 0.1) is 6.92 Å². The number of carbonyl (C=O) groups is 1. The smallest absolute Gasteiger partial charge is 0.329 e. The molecule has 3 rings (SSSR count). The van der Waals surface area contributed by atoms with Gasteiger partial charge in [0.05, 0.1) is 4.90 Å². The minimum Gasteiger partial charge on any atom is -0.459 e. The first kappa shape index (κ1) is 19.8. The molecule has 3 aromatic carbocycles. The largest absolute Gasteiger partial charge is 0.459 e. The van der Waals surface area contributed by atoms with Gasteiger partial charge in [0, 0.05) is 0 Å². The second-order valence-electron chi connectivity index (χ2n) is 6.37. The Labute approximate surface area is 165 Å². The molecule has 0 saturated heterocycles. The molecule has 1 N–H and O–H groups in total. The summed E-state index contributed by atoms with van der Waals surface area (Å²) in [6, 6.07) is 23.2. The number of esters is 1. The number of rotatable bonds is 7. The maximum atomic E-state index is 12.8. The summed E-state index contributed by atoms with van der Waals surface area (Å²) in [5.41, 5.74) is 2.28. The van der Waals surface area contributed by atoms with Crippen molar-refractivity contribution in [2.24, 2.45) is 0 Å². The Balaban J connectivity index is 1.83. The first-order valence-electron chi connectivity index (χ1n) is 8.80. The van der Waals surface area contributed by atoms with Crippen molar-refractivity contribution < 1.29 is 17.9 Å². The van der Waals surface area contributed by atoms with Crippen LogP contribution in [0.25, 0.3) is 0 Å². The van der Waals surface area contributed by atoms with E-state index in [2.05, 4.69) is 4.72 Å². The predicted octanol–water partition coefficient (Wildman–Crippen LogP) is 3.76. The summed E-state index contributed by atoms with van der Waals surface area (Å²) >= 11 is 0. The SMILES string of the molecule is Cc1ccc(S(=O)(=O)N[C@@H](C(=O)OCc2ccccc2)c2ccccc2)cc1. The maximum Gasteiger partial charge on any atom is 0.329 e. The van der Waals surface area contributed by atoms with Crippen molar-refractivity contribution in [3.05, 3.63) is 102 Å². The quantitative estimate of drug-likeness (QED) is 0.618. The zero-order valence-corrected chi connectivity index (χ0v) is 16.2. The van der Waals surface area contributed by atoms with Crippen LogP contribution in [0.3, 0.4) is 0 Å². The molecule has 0 heterocycles. The minimum absolute atomic E-state index is 0.0647. The van der Waals surface area contributed by atoms with Gasteiger partial charge in [-0.15, -0.1) is 0 Å². The number of aryl methyl sites for hydroxylation is 1. The van der Waals surface area contributed by atoms with Gasteiger partial charge in [-0.1, -0.05) is 78.4 Å². The van der Waals surface area contributed by atoms with Crippen LogP contribution < -0.4 is 4.72 Å². The molecular formula is C22H21NO4S. The van der Waals surface area contributed by atoms with Crippen LogP contribution in [0.4, 0.5) is 0 Å². The van der Waals surface area contributed by atoms with E-state index in [0.29, 0.717) is 5.56 Å². The van der Waals surface area contributed by atoms with Gasteiger partial charge in [0.2, 0.25) is 10.0 Å². The lowest BCUT2D eigenvalue weighted by Gasteiger charge is -2.18. The fraction of sp³-hybridized carbons (Fsp3) is 0.136. The molecule has 0 radical (unpaired) electrons. The first-order valence-corrected chi connectivity index (χ1v) is 10.3. The van der Waals surface area contributed by atoms with Crippen molar-refractivity contribution in [3.63, 3.8) is 0 Å². The summed E-state index contributed by atoms with van der Waals surface area (Å²) in [7, 11) is -3.90. The highest BCUT2D eigenvalue weighted by atomic mass is 32.2. The summed E-state index contributed by atoms with van der Waals surface area (Å²) in [4.78, 5) is 12.8. The summed E-state index contributed by atoms with van der Waals surface area (Å²) in [6.07, 6.45) is 0. The number of benzene rings is 3. The van der Waals surface area contributed by atoms with E-state index in [1.807, 2.05) is 37.3 Å². The average Bonchev–Trinajstić information content (AvgIpc) is 2.72. The average molecular weight is 395 g/mol. The molecule has 3 aromatic rings. The summed E-state index contributed by atoms with van der Waals surface area (Å²) in [5.74, 6) is -0.661. The van der Waals surface area contributed by atoms with Gasteiger partial charge in [-0.25, -0.2) is 13.2 Å². The van der Waals surface area contributed by atoms with Crippen LogP contribution >= 0.6 is 0 Å². The van der Waals surface area contributed by atoms with Crippen LogP contribution in [0.15, 0.2) is 89.8 Å². The summed E-state index contributed by atoms with van der Waals surface area (Å²) in [6.45, 7) is 1.94. The van der Waals surface area contributed by atoms with Crippen LogP contribution in [-0.4, -0.2) is 14.4 Å². The van der Waals surface area contributed by atoms with Gasteiger partial charge in [0.25, 0.3) is 0 Å². The van der Waals surface area contributed by atoms with Crippen LogP contribution in [-0.2, 0) is 26.2 Å². The van der Waals surface area contributed by atoms with Gasteiger partial charge in [0.1, 0.15) is 12.6 Å².